The Kier molecular flexibility index (Phi) is 9.75. The van der Waals surface area contributed by atoms with Crippen molar-refractivity contribution in [3.8, 4) is 23.0 Å². The molecule has 1 saturated heterocycles. The molecule has 15 nitrogen and oxygen atoms in total. The minimum absolute atomic E-state index is 0.0292. The highest BCUT2D eigenvalue weighted by atomic mass is 16.7. The lowest BCUT2D eigenvalue weighted by Gasteiger charge is -2.43. The third-order valence-electron chi connectivity index (χ3n) is 7.46. The van der Waals surface area contributed by atoms with E-state index in [0.717, 1.165) is 5.56 Å². The quantitative estimate of drug-likeness (QED) is 0.214. The number of hydrogen-bond donors (Lipinski definition) is 3. The van der Waals surface area contributed by atoms with Crippen LogP contribution in [-0.2, 0) is 34.9 Å². The van der Waals surface area contributed by atoms with E-state index in [1.807, 2.05) is 30.3 Å². The molecule has 3 N–H and O–H groups in total. The molecule has 0 spiro atoms. The third kappa shape index (κ3) is 7.60. The second kappa shape index (κ2) is 14.5. The summed E-state index contributed by atoms with van der Waals surface area (Å²) in [5, 5.41) is 15.4. The summed E-state index contributed by atoms with van der Waals surface area (Å²) in [5.74, 6) is 1.20. The highest BCUT2D eigenvalue weighted by Crippen LogP contribution is 2.36. The van der Waals surface area contributed by atoms with Crippen molar-refractivity contribution in [2.75, 3.05) is 37.9 Å². The van der Waals surface area contributed by atoms with E-state index >= 15 is 0 Å². The summed E-state index contributed by atoms with van der Waals surface area (Å²) in [6, 6.07) is 18.7. The summed E-state index contributed by atoms with van der Waals surface area (Å²) in [6.07, 6.45) is -8.53. The normalized spacial score (nSPS) is 22.2. The van der Waals surface area contributed by atoms with Gasteiger partial charge in [0.15, 0.2) is 47.6 Å². The maximum atomic E-state index is 13.3. The van der Waals surface area contributed by atoms with Crippen LogP contribution in [0.5, 0.6) is 23.0 Å². The lowest BCUT2D eigenvalue weighted by molar-refractivity contribution is -0.294. The summed E-state index contributed by atoms with van der Waals surface area (Å²) in [6.45, 7) is -0.559. The zero-order valence-electron chi connectivity index (χ0n) is 25.1. The van der Waals surface area contributed by atoms with Gasteiger partial charge >= 0.3 is 18.2 Å². The summed E-state index contributed by atoms with van der Waals surface area (Å²) in [4.78, 5) is 39.5. The van der Waals surface area contributed by atoms with Gasteiger partial charge in [-0.15, -0.1) is 0 Å². The first-order valence-electron chi connectivity index (χ1n) is 14.7. The van der Waals surface area contributed by atoms with Crippen LogP contribution in [0.25, 0.3) is 0 Å². The molecule has 248 valence electrons. The zero-order chi connectivity index (χ0) is 32.8. The lowest BCUT2D eigenvalue weighted by Crippen LogP contribution is -2.63. The number of methoxy groups -OCH3 is 1. The van der Waals surface area contributed by atoms with Gasteiger partial charge in [-0.1, -0.05) is 30.3 Å². The summed E-state index contributed by atoms with van der Waals surface area (Å²) < 4.78 is 49.8. The van der Waals surface area contributed by atoms with Crippen LogP contribution >= 0.6 is 0 Å². The summed E-state index contributed by atoms with van der Waals surface area (Å²) in [7, 11) is 1.28. The fraction of sp³-hybridized carbons (Fsp3) is 0.344. The minimum atomic E-state index is -1.50. The van der Waals surface area contributed by atoms with Crippen LogP contribution in [0.15, 0.2) is 66.7 Å². The largest absolute Gasteiger partial charge is 0.455 e. The van der Waals surface area contributed by atoms with Gasteiger partial charge in [-0.25, -0.2) is 9.59 Å². The van der Waals surface area contributed by atoms with Crippen molar-refractivity contribution in [1.29, 1.82) is 0 Å². The van der Waals surface area contributed by atoms with Crippen LogP contribution in [0.3, 0.4) is 0 Å². The Morgan fingerprint density at radius 2 is 1.32 bits per heavy atom. The van der Waals surface area contributed by atoms with Crippen LogP contribution < -0.4 is 29.6 Å². The van der Waals surface area contributed by atoms with E-state index in [1.165, 1.54) is 13.2 Å². The summed E-state index contributed by atoms with van der Waals surface area (Å²) >= 11 is 0. The molecule has 0 bridgehead atoms. The molecule has 3 aliphatic heterocycles. The number of esters is 1. The van der Waals surface area contributed by atoms with Crippen molar-refractivity contribution < 1.29 is 62.1 Å². The van der Waals surface area contributed by atoms with E-state index in [2.05, 4.69) is 10.6 Å². The molecule has 0 aromatic heterocycles. The molecule has 47 heavy (non-hydrogen) atoms. The van der Waals surface area contributed by atoms with Crippen molar-refractivity contribution in [1.82, 2.24) is 0 Å². The number of rotatable bonds is 10. The van der Waals surface area contributed by atoms with Crippen molar-refractivity contribution in [3.63, 3.8) is 0 Å². The predicted molar refractivity (Wildman–Crippen MR) is 160 cm³/mol. The fourth-order valence-electron chi connectivity index (χ4n) is 5.21. The Balaban J connectivity index is 1.22. The maximum absolute atomic E-state index is 13.3. The van der Waals surface area contributed by atoms with Crippen LogP contribution in [-0.4, -0.2) is 81.3 Å². The third-order valence-corrected chi connectivity index (χ3v) is 7.46. The van der Waals surface area contributed by atoms with E-state index in [1.54, 1.807) is 30.3 Å². The van der Waals surface area contributed by atoms with Gasteiger partial charge in [0, 0.05) is 37.0 Å². The molecule has 3 aromatic rings. The Hall–Kier alpha value is -5.25. The van der Waals surface area contributed by atoms with Gasteiger partial charge in [0.1, 0.15) is 6.10 Å². The first-order valence-corrected chi connectivity index (χ1v) is 14.7. The number of nitrogens with one attached hydrogen (secondary N) is 2. The van der Waals surface area contributed by atoms with Crippen molar-refractivity contribution in [3.05, 3.63) is 72.3 Å². The maximum Gasteiger partial charge on any atom is 0.412 e. The van der Waals surface area contributed by atoms with E-state index < -0.39 is 55.5 Å². The molecule has 2 amide bonds. The van der Waals surface area contributed by atoms with Gasteiger partial charge in [0.2, 0.25) is 13.6 Å². The zero-order valence-corrected chi connectivity index (χ0v) is 25.1. The number of carbonyl (C=O) groups excluding carboxylic acids is 3. The molecular weight excluding hydrogens is 620 g/mol. The number of aliphatic hydroxyl groups excluding tert-OH is 1. The topological polar surface area (TPSA) is 179 Å². The standard InChI is InChI=1S/C32H32N2O13/c1-39-30-29(47-32(38)34-20-9-11-22-24(14-20)43-17-41-22)28(46-31(37)33-19-8-10-21-23(13-19)42-16-40-21)27(25(15-35)44-30)45-26(36)12-7-18-5-3-2-4-6-18/h2-6,8-11,13-14,25,27-30,35H,7,12,15-17H2,1H3,(H,33,37)(H,34,38)/t25-,27-,28+,29+,30+/m1/s1. The first kappa shape index (κ1) is 31.7. The second-order valence-corrected chi connectivity index (χ2v) is 10.5. The number of ether oxygens (including phenoxy) is 9. The van der Waals surface area contributed by atoms with Gasteiger partial charge < -0.3 is 47.7 Å². The Labute approximate surface area is 268 Å². The number of carbonyl (C=O) groups is 3. The van der Waals surface area contributed by atoms with E-state index in [-0.39, 0.29) is 20.0 Å². The molecule has 5 atom stereocenters. The Morgan fingerprint density at radius 1 is 0.745 bits per heavy atom. The van der Waals surface area contributed by atoms with Crippen LogP contribution in [0.1, 0.15) is 12.0 Å². The molecule has 3 heterocycles. The number of aliphatic hydroxyl groups is 1. The highest BCUT2D eigenvalue weighted by molar-refractivity contribution is 5.86. The number of hydrogen-bond acceptors (Lipinski definition) is 13. The molecule has 0 saturated carbocycles. The van der Waals surface area contributed by atoms with Crippen molar-refractivity contribution >= 4 is 29.5 Å². The monoisotopic (exact) mass is 652 g/mol. The number of amides is 2. The molecule has 0 unspecified atom stereocenters. The van der Waals surface area contributed by atoms with Gasteiger partial charge in [0.25, 0.3) is 0 Å². The smallest absolute Gasteiger partial charge is 0.412 e. The second-order valence-electron chi connectivity index (χ2n) is 10.5. The van der Waals surface area contributed by atoms with Gasteiger partial charge in [-0.05, 0) is 36.2 Å². The van der Waals surface area contributed by atoms with Crippen molar-refractivity contribution in [2.24, 2.45) is 0 Å². The van der Waals surface area contributed by atoms with Crippen LogP contribution in [0.2, 0.25) is 0 Å². The van der Waals surface area contributed by atoms with Gasteiger partial charge in [-0.2, -0.15) is 0 Å². The Bertz CT molecular complexity index is 1590. The number of benzene rings is 3. The highest BCUT2D eigenvalue weighted by Gasteiger charge is 2.52. The van der Waals surface area contributed by atoms with E-state index in [4.69, 9.17) is 42.6 Å². The van der Waals surface area contributed by atoms with Crippen molar-refractivity contribution in [2.45, 2.75) is 43.5 Å². The number of fused-ring (bicyclic) bond motifs is 2. The van der Waals surface area contributed by atoms with Crippen LogP contribution in [0.4, 0.5) is 21.0 Å². The Morgan fingerprint density at radius 3 is 1.89 bits per heavy atom. The van der Waals surface area contributed by atoms with E-state index in [9.17, 15) is 19.5 Å². The molecule has 3 aliphatic rings. The molecule has 15 heteroatoms. The van der Waals surface area contributed by atoms with E-state index in [0.29, 0.717) is 40.8 Å². The molecular formula is C32H32N2O13. The predicted octanol–water partition coefficient (Wildman–Crippen LogP) is 3.59. The average Bonchev–Trinajstić information content (AvgIpc) is 3.75. The SMILES string of the molecule is CO[C@H]1O[C@H](CO)[C@@H](OC(=O)CCc2ccccc2)[C@H](OC(=O)Nc2ccc3c(c2)OCO3)[C@@H]1OC(=O)Nc1ccc2c(c1)OCO2. The molecule has 6 rings (SSSR count). The first-order chi connectivity index (χ1) is 22.9. The van der Waals surface area contributed by atoms with Crippen LogP contribution in [0, 0.1) is 0 Å². The van der Waals surface area contributed by atoms with Gasteiger partial charge in [-0.3, -0.25) is 15.4 Å². The fourth-order valence-corrected chi connectivity index (χ4v) is 5.21. The number of aryl methyl sites for hydroxylation is 1. The molecule has 1 fully saturated rings. The minimum Gasteiger partial charge on any atom is -0.455 e. The molecule has 0 radical (unpaired) electrons. The summed E-state index contributed by atoms with van der Waals surface area (Å²) in [5.41, 5.74) is 1.53. The molecule has 3 aromatic carbocycles. The van der Waals surface area contributed by atoms with Gasteiger partial charge in [0.05, 0.1) is 6.61 Å². The average molecular weight is 653 g/mol. The molecule has 0 aliphatic carbocycles. The lowest BCUT2D eigenvalue weighted by atomic mass is 9.98. The number of anilines is 2.